The molecule has 0 saturated heterocycles. The Morgan fingerprint density at radius 1 is 1.00 bits per heavy atom. The van der Waals surface area contributed by atoms with Gasteiger partial charge in [-0.1, -0.05) is 43.3 Å². The minimum atomic E-state index is -0.703. The van der Waals surface area contributed by atoms with Crippen molar-refractivity contribution < 1.29 is 19.7 Å². The molecule has 22 heavy (non-hydrogen) atoms. The first-order valence-electron chi connectivity index (χ1n) is 7.13. The largest absolute Gasteiger partial charge is 0.508 e. The lowest BCUT2D eigenvalue weighted by molar-refractivity contribution is -0.140. The van der Waals surface area contributed by atoms with E-state index in [-0.39, 0.29) is 23.9 Å². The highest BCUT2D eigenvalue weighted by atomic mass is 16.5. The number of hydrogen-bond acceptors (Lipinski definition) is 4. The molecule has 0 bridgehead atoms. The third-order valence-electron chi connectivity index (χ3n) is 4.05. The average molecular weight is 300 g/mol. The molecule has 0 heterocycles. The topological polar surface area (TPSA) is 66.8 Å². The number of esters is 1. The van der Waals surface area contributed by atoms with Gasteiger partial charge in [0, 0.05) is 23.0 Å². The molecule has 0 spiro atoms. The van der Waals surface area contributed by atoms with Crippen LogP contribution in [0.2, 0.25) is 0 Å². The van der Waals surface area contributed by atoms with Gasteiger partial charge in [-0.05, 0) is 18.6 Å². The second-order valence-electron chi connectivity index (χ2n) is 5.44. The molecule has 0 aliphatic carbocycles. The number of para-hydroxylation sites is 2. The number of phenolic OH excluding ortho intramolecular Hbond substituents is 2. The molecule has 4 nitrogen and oxygen atoms in total. The first-order valence-corrected chi connectivity index (χ1v) is 7.13. The third kappa shape index (κ3) is 3.06. The maximum Gasteiger partial charge on any atom is 0.305 e. The van der Waals surface area contributed by atoms with E-state index in [0.717, 1.165) is 0 Å². The molecule has 4 heteroatoms. The molecule has 0 atom stereocenters. The number of aromatic hydroxyl groups is 2. The molecule has 0 aromatic heterocycles. The molecule has 0 fully saturated rings. The van der Waals surface area contributed by atoms with Crippen LogP contribution in [0.1, 0.15) is 30.9 Å². The fourth-order valence-corrected chi connectivity index (χ4v) is 2.75. The van der Waals surface area contributed by atoms with Gasteiger partial charge in [-0.15, -0.1) is 0 Å². The highest BCUT2D eigenvalue weighted by Gasteiger charge is 2.34. The Balaban J connectivity index is 2.52. The lowest BCUT2D eigenvalue weighted by Crippen LogP contribution is -2.25. The summed E-state index contributed by atoms with van der Waals surface area (Å²) in [6.07, 6.45) is 0.602. The Hall–Kier alpha value is -2.49. The van der Waals surface area contributed by atoms with Crippen molar-refractivity contribution in [1.82, 2.24) is 0 Å². The third-order valence-corrected chi connectivity index (χ3v) is 4.05. The Morgan fingerprint density at radius 2 is 1.45 bits per heavy atom. The van der Waals surface area contributed by atoms with E-state index in [0.29, 0.717) is 17.5 Å². The number of phenols is 2. The molecule has 2 rings (SSSR count). The highest BCUT2D eigenvalue weighted by molar-refractivity contribution is 5.69. The van der Waals surface area contributed by atoms with E-state index in [1.807, 2.05) is 19.1 Å². The SMILES string of the molecule is COC(=O)CCC(C)(c1ccccc1O)c1ccccc1O. The lowest BCUT2D eigenvalue weighted by Gasteiger charge is -2.31. The second kappa shape index (κ2) is 6.52. The van der Waals surface area contributed by atoms with Crippen molar-refractivity contribution in [1.29, 1.82) is 0 Å². The summed E-state index contributed by atoms with van der Waals surface area (Å²) in [5, 5.41) is 20.4. The Morgan fingerprint density at radius 3 is 1.86 bits per heavy atom. The van der Waals surface area contributed by atoms with Gasteiger partial charge in [0.25, 0.3) is 0 Å². The van der Waals surface area contributed by atoms with Gasteiger partial charge in [-0.25, -0.2) is 0 Å². The summed E-state index contributed by atoms with van der Waals surface area (Å²) >= 11 is 0. The van der Waals surface area contributed by atoms with Gasteiger partial charge < -0.3 is 14.9 Å². The Labute approximate surface area is 130 Å². The van der Waals surface area contributed by atoms with Crippen molar-refractivity contribution in [2.24, 2.45) is 0 Å². The zero-order valence-electron chi connectivity index (χ0n) is 12.7. The van der Waals surface area contributed by atoms with Crippen LogP contribution in [0.25, 0.3) is 0 Å². The van der Waals surface area contributed by atoms with Crippen molar-refractivity contribution in [3.63, 3.8) is 0 Å². The summed E-state index contributed by atoms with van der Waals surface area (Å²) in [6, 6.07) is 13.9. The van der Waals surface area contributed by atoms with E-state index in [1.54, 1.807) is 36.4 Å². The number of carbonyl (C=O) groups excluding carboxylic acids is 1. The molecule has 2 aromatic rings. The van der Waals surface area contributed by atoms with E-state index in [2.05, 4.69) is 0 Å². The molecular weight excluding hydrogens is 280 g/mol. The van der Waals surface area contributed by atoms with Gasteiger partial charge in [0.2, 0.25) is 0 Å². The molecule has 0 saturated carbocycles. The first kappa shape index (κ1) is 15.9. The molecular formula is C18H20O4. The lowest BCUT2D eigenvalue weighted by atomic mass is 9.72. The molecule has 2 N–H and O–H groups in total. The van der Waals surface area contributed by atoms with Crippen molar-refractivity contribution in [2.75, 3.05) is 7.11 Å². The van der Waals surface area contributed by atoms with E-state index < -0.39 is 5.41 Å². The van der Waals surface area contributed by atoms with Crippen LogP contribution in [-0.4, -0.2) is 23.3 Å². The van der Waals surface area contributed by atoms with Gasteiger partial charge >= 0.3 is 5.97 Å². The van der Waals surface area contributed by atoms with Gasteiger partial charge in [0.15, 0.2) is 0 Å². The van der Waals surface area contributed by atoms with E-state index in [9.17, 15) is 15.0 Å². The first-order chi connectivity index (χ1) is 10.5. The number of carbonyl (C=O) groups is 1. The minimum Gasteiger partial charge on any atom is -0.508 e. The summed E-state index contributed by atoms with van der Waals surface area (Å²) < 4.78 is 4.71. The predicted molar refractivity (Wildman–Crippen MR) is 83.9 cm³/mol. The molecule has 116 valence electrons. The van der Waals surface area contributed by atoms with Gasteiger partial charge in [-0.2, -0.15) is 0 Å². The number of benzene rings is 2. The normalized spacial score (nSPS) is 11.2. The van der Waals surface area contributed by atoms with Crippen LogP contribution < -0.4 is 0 Å². The number of hydrogen-bond donors (Lipinski definition) is 2. The Bertz CT molecular complexity index is 618. The molecule has 0 amide bonds. The standard InChI is InChI=1S/C18H20O4/c1-18(12-11-17(21)22-2,13-7-3-5-9-15(13)19)14-8-4-6-10-16(14)20/h3-10,19-20H,11-12H2,1-2H3. The van der Waals surface area contributed by atoms with Crippen LogP contribution in [0.4, 0.5) is 0 Å². The van der Waals surface area contributed by atoms with E-state index >= 15 is 0 Å². The van der Waals surface area contributed by atoms with Crippen molar-refractivity contribution in [3.05, 3.63) is 59.7 Å². The predicted octanol–water partition coefficient (Wildman–Crippen LogP) is 3.36. The number of ether oxygens (including phenoxy) is 1. The zero-order chi connectivity index (χ0) is 16.2. The molecule has 0 unspecified atom stereocenters. The van der Waals surface area contributed by atoms with Crippen LogP contribution >= 0.6 is 0 Å². The summed E-state index contributed by atoms with van der Waals surface area (Å²) in [5.74, 6) is -0.0479. The number of rotatable bonds is 5. The molecule has 0 aliphatic heterocycles. The van der Waals surface area contributed by atoms with Crippen LogP contribution in [0.5, 0.6) is 11.5 Å². The van der Waals surface area contributed by atoms with Crippen molar-refractivity contribution >= 4 is 5.97 Å². The fraction of sp³-hybridized carbons (Fsp3) is 0.278. The second-order valence-corrected chi connectivity index (χ2v) is 5.44. The highest BCUT2D eigenvalue weighted by Crippen LogP contribution is 2.43. The van der Waals surface area contributed by atoms with Crippen LogP contribution in [0, 0.1) is 0 Å². The molecule has 0 radical (unpaired) electrons. The summed E-state index contributed by atoms with van der Waals surface area (Å²) in [4.78, 5) is 11.5. The van der Waals surface area contributed by atoms with Gasteiger partial charge in [-0.3, -0.25) is 4.79 Å². The quantitative estimate of drug-likeness (QED) is 0.831. The molecule has 0 aliphatic rings. The van der Waals surface area contributed by atoms with Gasteiger partial charge in [0.1, 0.15) is 11.5 Å². The summed E-state index contributed by atoms with van der Waals surface area (Å²) in [7, 11) is 1.35. The average Bonchev–Trinajstić information content (AvgIpc) is 2.53. The van der Waals surface area contributed by atoms with E-state index in [1.165, 1.54) is 7.11 Å². The monoisotopic (exact) mass is 300 g/mol. The van der Waals surface area contributed by atoms with Crippen LogP contribution in [0.3, 0.4) is 0 Å². The maximum atomic E-state index is 11.5. The summed E-state index contributed by atoms with van der Waals surface area (Å²) in [6.45, 7) is 1.90. The smallest absolute Gasteiger partial charge is 0.305 e. The zero-order valence-corrected chi connectivity index (χ0v) is 12.7. The minimum absolute atomic E-state index is 0.137. The molecule has 2 aromatic carbocycles. The number of methoxy groups -OCH3 is 1. The van der Waals surface area contributed by atoms with E-state index in [4.69, 9.17) is 4.74 Å². The maximum absolute atomic E-state index is 11.5. The van der Waals surface area contributed by atoms with Crippen LogP contribution in [-0.2, 0) is 14.9 Å². The Kier molecular flexibility index (Phi) is 4.71. The van der Waals surface area contributed by atoms with Crippen molar-refractivity contribution in [2.45, 2.75) is 25.2 Å². The van der Waals surface area contributed by atoms with Gasteiger partial charge in [0.05, 0.1) is 7.11 Å². The fourth-order valence-electron chi connectivity index (χ4n) is 2.75. The van der Waals surface area contributed by atoms with Crippen molar-refractivity contribution in [3.8, 4) is 11.5 Å². The van der Waals surface area contributed by atoms with Crippen LogP contribution in [0.15, 0.2) is 48.5 Å². The summed E-state index contributed by atoms with van der Waals surface area (Å²) in [5.41, 5.74) is 0.631.